The Morgan fingerprint density at radius 2 is 1.12 bits per heavy atom. The number of aryl methyl sites for hydroxylation is 2. The lowest BCUT2D eigenvalue weighted by Gasteiger charge is -2.12. The van der Waals surface area contributed by atoms with Gasteiger partial charge in [0.25, 0.3) is 23.2 Å². The number of aliphatic imine (C=N–C) groups is 2. The molecule has 4 aromatic heterocycles. The van der Waals surface area contributed by atoms with E-state index in [9.17, 15) is 20.1 Å². The standard InChI is InChI=1S/C32H20N10O2S4/c1-7-41-29(43)27(47-31(41)17(13-33)35-3)37-23-11-21-25(45-23)15-9-20-16(10-19(15)39(21)5)26-22(40(20)6)12-24(46-26)38-28-30(44)42(8-2)32(48-28)18(14-34)36-4/h9-12H,7-8H2,1-2,5-6H3/b31-17-,32-18+,37-27?,38-28?. The molecule has 0 aliphatic carbocycles. The van der Waals surface area contributed by atoms with Gasteiger partial charge in [-0.2, -0.15) is 0 Å². The number of hydrogen-bond donors (Lipinski definition) is 0. The van der Waals surface area contributed by atoms with Gasteiger partial charge in [0.05, 0.1) is 56.7 Å². The van der Waals surface area contributed by atoms with Crippen LogP contribution in [-0.4, -0.2) is 53.9 Å². The maximum absolute atomic E-state index is 13.1. The Balaban J connectivity index is 1.29. The summed E-state index contributed by atoms with van der Waals surface area (Å²) in [6.07, 6.45) is 0. The number of carbonyl (C=O) groups is 2. The first-order valence-electron chi connectivity index (χ1n) is 14.3. The van der Waals surface area contributed by atoms with Gasteiger partial charge in [-0.25, -0.2) is 30.2 Å². The van der Waals surface area contributed by atoms with Gasteiger partial charge < -0.3 is 18.9 Å². The normalized spacial score (nSPS) is 18.9. The fourth-order valence-electron chi connectivity index (χ4n) is 5.79. The molecule has 2 saturated heterocycles. The van der Waals surface area contributed by atoms with E-state index in [2.05, 4.69) is 40.9 Å². The summed E-state index contributed by atoms with van der Waals surface area (Å²) in [5.41, 5.74) is 3.74. The number of thioether (sulfide) groups is 2. The lowest BCUT2D eigenvalue weighted by atomic mass is 10.2. The molecule has 0 saturated carbocycles. The maximum atomic E-state index is 13.1. The number of allylic oxidation sites excluding steroid dienone is 2. The molecular weight excluding hydrogens is 685 g/mol. The van der Waals surface area contributed by atoms with Crippen LogP contribution in [0, 0.1) is 35.8 Å². The van der Waals surface area contributed by atoms with Crippen molar-refractivity contribution in [3.8, 4) is 12.1 Å². The number of amides is 2. The average Bonchev–Trinajstić information content (AvgIpc) is 3.91. The Hall–Kier alpha value is -5.36. The van der Waals surface area contributed by atoms with Crippen LogP contribution in [-0.2, 0) is 23.7 Å². The van der Waals surface area contributed by atoms with Crippen LogP contribution >= 0.6 is 46.2 Å². The van der Waals surface area contributed by atoms with Crippen molar-refractivity contribution >= 4 is 120 Å². The zero-order valence-corrected chi connectivity index (χ0v) is 28.9. The molecule has 5 aromatic rings. The molecule has 2 aliphatic rings. The molecule has 1 aromatic carbocycles. The summed E-state index contributed by atoms with van der Waals surface area (Å²) in [7, 11) is 3.98. The minimum atomic E-state index is -0.322. The summed E-state index contributed by atoms with van der Waals surface area (Å²) in [6, 6.07) is 12.0. The van der Waals surface area contributed by atoms with Crippen molar-refractivity contribution in [1.29, 1.82) is 10.5 Å². The van der Waals surface area contributed by atoms with Crippen LogP contribution in [0.3, 0.4) is 0 Å². The van der Waals surface area contributed by atoms with E-state index in [4.69, 9.17) is 13.1 Å². The Morgan fingerprint density at radius 3 is 1.46 bits per heavy atom. The van der Waals surface area contributed by atoms with Crippen molar-refractivity contribution < 1.29 is 9.59 Å². The zero-order valence-electron chi connectivity index (χ0n) is 25.6. The van der Waals surface area contributed by atoms with E-state index < -0.39 is 0 Å². The lowest BCUT2D eigenvalue weighted by molar-refractivity contribution is -0.121. The van der Waals surface area contributed by atoms with Crippen LogP contribution in [0.5, 0.6) is 0 Å². The summed E-state index contributed by atoms with van der Waals surface area (Å²) in [4.78, 5) is 44.9. The molecule has 48 heavy (non-hydrogen) atoms. The van der Waals surface area contributed by atoms with E-state index in [1.165, 1.54) is 32.5 Å². The van der Waals surface area contributed by atoms with E-state index in [-0.39, 0.29) is 33.3 Å². The van der Waals surface area contributed by atoms with Gasteiger partial charge in [0, 0.05) is 38.0 Å². The monoisotopic (exact) mass is 704 g/mol. The number of rotatable bonds is 4. The van der Waals surface area contributed by atoms with Gasteiger partial charge in [-0.15, -0.1) is 22.7 Å². The van der Waals surface area contributed by atoms with Gasteiger partial charge in [-0.3, -0.25) is 9.59 Å². The van der Waals surface area contributed by atoms with E-state index >= 15 is 0 Å². The average molecular weight is 705 g/mol. The molecule has 12 nitrogen and oxygen atoms in total. The number of nitriles is 2. The van der Waals surface area contributed by atoms with Crippen LogP contribution in [0.15, 0.2) is 55.7 Å². The lowest BCUT2D eigenvalue weighted by Crippen LogP contribution is -2.26. The number of aromatic nitrogens is 2. The van der Waals surface area contributed by atoms with Crippen LogP contribution in [0.1, 0.15) is 13.8 Å². The minimum absolute atomic E-state index is 0.125. The Bertz CT molecular complexity index is 2400. The predicted octanol–water partition coefficient (Wildman–Crippen LogP) is 7.57. The molecule has 2 amide bonds. The second-order valence-electron chi connectivity index (χ2n) is 10.5. The number of fused-ring (bicyclic) bond motifs is 6. The molecule has 0 N–H and O–H groups in total. The van der Waals surface area contributed by atoms with Gasteiger partial charge in [-0.1, -0.05) is 23.5 Å². The van der Waals surface area contributed by atoms with E-state index in [1.54, 1.807) is 13.8 Å². The number of thiophene rings is 2. The van der Waals surface area contributed by atoms with E-state index in [0.29, 0.717) is 33.1 Å². The summed E-state index contributed by atoms with van der Waals surface area (Å²) in [6.45, 7) is 18.9. The van der Waals surface area contributed by atoms with Crippen molar-refractivity contribution in [2.75, 3.05) is 13.1 Å². The smallest absolute Gasteiger partial charge is 0.291 e. The summed E-state index contributed by atoms with van der Waals surface area (Å²) in [5.74, 6) is -0.644. The molecule has 0 bridgehead atoms. The maximum Gasteiger partial charge on any atom is 0.291 e. The molecule has 2 fully saturated rings. The Labute approximate surface area is 289 Å². The zero-order chi connectivity index (χ0) is 34.0. The highest BCUT2D eigenvalue weighted by atomic mass is 32.2. The molecule has 6 heterocycles. The minimum Gasteiger partial charge on any atom is -0.343 e. The first kappa shape index (κ1) is 31.3. The van der Waals surface area contributed by atoms with Crippen LogP contribution in [0.25, 0.3) is 51.9 Å². The van der Waals surface area contributed by atoms with Gasteiger partial charge in [-0.05, 0) is 38.1 Å². The first-order chi connectivity index (χ1) is 23.2. The second kappa shape index (κ2) is 11.7. The molecule has 2 aliphatic heterocycles. The Morgan fingerprint density at radius 1 is 0.729 bits per heavy atom. The van der Waals surface area contributed by atoms with E-state index in [0.717, 1.165) is 65.8 Å². The number of hydrogen-bond acceptors (Lipinski definition) is 10. The fraction of sp³-hybridized carbons (Fsp3) is 0.188. The highest BCUT2D eigenvalue weighted by Gasteiger charge is 2.36. The van der Waals surface area contributed by atoms with Gasteiger partial charge in [0.2, 0.25) is 0 Å². The van der Waals surface area contributed by atoms with Gasteiger partial charge in [0.1, 0.15) is 20.1 Å². The highest BCUT2D eigenvalue weighted by Crippen LogP contribution is 2.46. The Kier molecular flexibility index (Phi) is 7.62. The summed E-state index contributed by atoms with van der Waals surface area (Å²) >= 11 is 5.07. The van der Waals surface area contributed by atoms with Gasteiger partial charge in [0.15, 0.2) is 10.1 Å². The number of benzene rings is 1. The molecule has 0 radical (unpaired) electrons. The molecule has 234 valence electrons. The van der Waals surface area contributed by atoms with Crippen molar-refractivity contribution in [1.82, 2.24) is 18.9 Å². The third-order valence-electron chi connectivity index (χ3n) is 8.08. The largest absolute Gasteiger partial charge is 0.343 e. The molecule has 16 heteroatoms. The third kappa shape index (κ3) is 4.54. The number of carbonyl (C=O) groups excluding carboxylic acids is 2. The van der Waals surface area contributed by atoms with Crippen LogP contribution in [0.2, 0.25) is 0 Å². The second-order valence-corrected chi connectivity index (χ2v) is 14.5. The molecule has 0 spiro atoms. The van der Waals surface area contributed by atoms with Crippen molar-refractivity contribution in [3.05, 3.63) is 68.6 Å². The summed E-state index contributed by atoms with van der Waals surface area (Å²) < 4.78 is 6.26. The van der Waals surface area contributed by atoms with Crippen LogP contribution < -0.4 is 0 Å². The predicted molar refractivity (Wildman–Crippen MR) is 193 cm³/mol. The van der Waals surface area contributed by atoms with Gasteiger partial charge >= 0.3 is 0 Å². The van der Waals surface area contributed by atoms with Crippen LogP contribution in [0.4, 0.5) is 10.0 Å². The third-order valence-corrected chi connectivity index (χ3v) is 12.3. The first-order valence-corrected chi connectivity index (χ1v) is 17.6. The molecule has 7 rings (SSSR count). The number of nitrogens with zero attached hydrogens (tertiary/aromatic N) is 10. The molecule has 0 unspecified atom stereocenters. The fourth-order valence-corrected chi connectivity index (χ4v) is 10.2. The molecule has 0 atom stereocenters. The SMILES string of the molecule is [C-]#[N+]/C(C#N)=C1\SC(=Nc2cc3c(s2)c2cc4c(cc2n3C)c2sc(N=C3S/C(=C(\C#N)[N+]#[C-])N(CC)C3=O)cc2n4C)C(=O)N1CC. The van der Waals surface area contributed by atoms with E-state index in [1.807, 2.05) is 38.4 Å². The molecular formula is C32H20N10O2S4. The topological polar surface area (TPSA) is 132 Å². The van der Waals surface area contributed by atoms with Crippen molar-refractivity contribution in [2.45, 2.75) is 13.8 Å². The summed E-state index contributed by atoms with van der Waals surface area (Å²) in [5, 5.41) is 23.2. The highest BCUT2D eigenvalue weighted by molar-refractivity contribution is 8.20. The van der Waals surface area contributed by atoms with Crippen molar-refractivity contribution in [2.24, 2.45) is 24.1 Å². The quantitative estimate of drug-likeness (QED) is 0.140. The van der Waals surface area contributed by atoms with Crippen molar-refractivity contribution in [3.63, 3.8) is 0 Å².